The number of pyridine rings is 1. The van der Waals surface area contributed by atoms with Crippen LogP contribution in [0.1, 0.15) is 32.6 Å². The largest absolute Gasteiger partial charge is 0.373 e. The van der Waals surface area contributed by atoms with Crippen LogP contribution in [-0.4, -0.2) is 18.1 Å². The molecule has 1 heterocycles. The van der Waals surface area contributed by atoms with E-state index in [0.717, 1.165) is 17.6 Å². The van der Waals surface area contributed by atoms with Gasteiger partial charge in [0.1, 0.15) is 11.6 Å². The minimum Gasteiger partial charge on any atom is -0.373 e. The summed E-state index contributed by atoms with van der Waals surface area (Å²) < 4.78 is 0. The van der Waals surface area contributed by atoms with Gasteiger partial charge in [-0.25, -0.2) is 4.98 Å². The number of anilines is 2. The maximum atomic E-state index is 4.48. The highest BCUT2D eigenvalue weighted by atomic mass is 15.1. The second-order valence-corrected chi connectivity index (χ2v) is 4.76. The van der Waals surface area contributed by atoms with Crippen LogP contribution in [0.25, 0.3) is 0 Å². The molecule has 2 rings (SSSR count). The van der Waals surface area contributed by atoms with E-state index in [0.29, 0.717) is 6.04 Å². The summed E-state index contributed by atoms with van der Waals surface area (Å²) in [5, 5.41) is 6.59. The van der Waals surface area contributed by atoms with E-state index in [4.69, 9.17) is 0 Å². The van der Waals surface area contributed by atoms with Crippen molar-refractivity contribution in [2.45, 2.75) is 38.6 Å². The van der Waals surface area contributed by atoms with Gasteiger partial charge >= 0.3 is 0 Å². The average Bonchev–Trinajstić information content (AvgIpc) is 2.32. The lowest BCUT2D eigenvalue weighted by Gasteiger charge is -2.27. The number of aromatic nitrogens is 1. The molecule has 1 aromatic heterocycles. The highest BCUT2D eigenvalue weighted by molar-refractivity contribution is 5.45. The molecule has 0 aliphatic heterocycles. The van der Waals surface area contributed by atoms with E-state index >= 15 is 0 Å². The summed E-state index contributed by atoms with van der Waals surface area (Å²) in [6, 6.07) is 6.66. The quantitative estimate of drug-likeness (QED) is 0.820. The van der Waals surface area contributed by atoms with E-state index in [-0.39, 0.29) is 0 Å². The predicted molar refractivity (Wildman–Crippen MR) is 68.8 cm³/mol. The normalized spacial score (nSPS) is 25.1. The summed E-state index contributed by atoms with van der Waals surface area (Å²) in [5.74, 6) is 2.82. The van der Waals surface area contributed by atoms with Crippen molar-refractivity contribution in [1.29, 1.82) is 0 Å². The molecular formula is C13H21N3. The molecule has 1 saturated carbocycles. The number of nitrogens with one attached hydrogen (secondary N) is 2. The molecule has 3 nitrogen and oxygen atoms in total. The molecular weight excluding hydrogens is 198 g/mol. The van der Waals surface area contributed by atoms with Gasteiger partial charge in [0, 0.05) is 13.1 Å². The van der Waals surface area contributed by atoms with Crippen LogP contribution in [-0.2, 0) is 0 Å². The highest BCUT2D eigenvalue weighted by Gasteiger charge is 2.18. The van der Waals surface area contributed by atoms with Gasteiger partial charge in [-0.3, -0.25) is 0 Å². The predicted octanol–water partition coefficient (Wildman–Crippen LogP) is 3.11. The topological polar surface area (TPSA) is 37.0 Å². The molecule has 0 amide bonds. The first-order valence-corrected chi connectivity index (χ1v) is 6.19. The van der Waals surface area contributed by atoms with Gasteiger partial charge in [-0.05, 0) is 43.7 Å². The van der Waals surface area contributed by atoms with Crippen LogP contribution in [0.4, 0.5) is 11.6 Å². The molecule has 0 radical (unpaired) electrons. The summed E-state index contributed by atoms with van der Waals surface area (Å²) in [4.78, 5) is 4.48. The third-order valence-electron chi connectivity index (χ3n) is 3.37. The maximum absolute atomic E-state index is 4.48. The molecule has 0 bridgehead atoms. The van der Waals surface area contributed by atoms with Crippen molar-refractivity contribution in [3.63, 3.8) is 0 Å². The third-order valence-corrected chi connectivity index (χ3v) is 3.37. The van der Waals surface area contributed by atoms with Crippen LogP contribution in [0, 0.1) is 5.92 Å². The fourth-order valence-electron chi connectivity index (χ4n) is 2.27. The van der Waals surface area contributed by atoms with Gasteiger partial charge in [-0.2, -0.15) is 0 Å². The second kappa shape index (κ2) is 5.19. The van der Waals surface area contributed by atoms with Gasteiger partial charge in [0.15, 0.2) is 0 Å². The maximum Gasteiger partial charge on any atom is 0.128 e. The van der Waals surface area contributed by atoms with Crippen LogP contribution in [0.2, 0.25) is 0 Å². The molecule has 3 heteroatoms. The van der Waals surface area contributed by atoms with E-state index in [2.05, 4.69) is 22.5 Å². The lowest BCUT2D eigenvalue weighted by molar-refractivity contribution is 0.361. The molecule has 0 unspecified atom stereocenters. The minimum absolute atomic E-state index is 0.607. The van der Waals surface area contributed by atoms with E-state index in [1.54, 1.807) is 0 Å². The lowest BCUT2D eigenvalue weighted by atomic mass is 9.87. The van der Waals surface area contributed by atoms with Crippen molar-refractivity contribution in [2.75, 3.05) is 17.7 Å². The Balaban J connectivity index is 1.93. The Morgan fingerprint density at radius 2 is 1.81 bits per heavy atom. The van der Waals surface area contributed by atoms with Crippen molar-refractivity contribution >= 4 is 11.6 Å². The Labute approximate surface area is 97.7 Å². The zero-order valence-electron chi connectivity index (χ0n) is 10.2. The Morgan fingerprint density at radius 1 is 1.12 bits per heavy atom. The minimum atomic E-state index is 0.607. The molecule has 16 heavy (non-hydrogen) atoms. The van der Waals surface area contributed by atoms with Gasteiger partial charge in [0.05, 0.1) is 0 Å². The first kappa shape index (κ1) is 11.2. The number of hydrogen-bond donors (Lipinski definition) is 2. The standard InChI is InChI=1S/C13H21N3/c1-10-6-8-11(9-7-10)15-13-5-3-4-12(14-2)16-13/h3-5,10-11H,6-9H2,1-2H3,(H2,14,15,16). The summed E-state index contributed by atoms with van der Waals surface area (Å²) in [7, 11) is 1.90. The molecule has 1 aliphatic rings. The molecule has 1 aliphatic carbocycles. The van der Waals surface area contributed by atoms with Gasteiger partial charge in [-0.15, -0.1) is 0 Å². The molecule has 0 atom stereocenters. The number of hydrogen-bond acceptors (Lipinski definition) is 3. The molecule has 2 N–H and O–H groups in total. The zero-order valence-corrected chi connectivity index (χ0v) is 10.2. The van der Waals surface area contributed by atoms with Gasteiger partial charge in [-0.1, -0.05) is 13.0 Å². The highest BCUT2D eigenvalue weighted by Crippen LogP contribution is 2.25. The summed E-state index contributed by atoms with van der Waals surface area (Å²) >= 11 is 0. The first-order chi connectivity index (χ1) is 7.78. The summed E-state index contributed by atoms with van der Waals surface area (Å²) in [6.07, 6.45) is 5.21. The van der Waals surface area contributed by atoms with Crippen molar-refractivity contribution in [3.05, 3.63) is 18.2 Å². The monoisotopic (exact) mass is 219 g/mol. The smallest absolute Gasteiger partial charge is 0.128 e. The van der Waals surface area contributed by atoms with Crippen LogP contribution >= 0.6 is 0 Å². The van der Waals surface area contributed by atoms with Crippen LogP contribution in [0.15, 0.2) is 18.2 Å². The molecule has 1 fully saturated rings. The van der Waals surface area contributed by atoms with Crippen molar-refractivity contribution in [3.8, 4) is 0 Å². The third kappa shape index (κ3) is 2.87. The van der Waals surface area contributed by atoms with Gasteiger partial charge in [0.25, 0.3) is 0 Å². The fraction of sp³-hybridized carbons (Fsp3) is 0.615. The van der Waals surface area contributed by atoms with Crippen LogP contribution < -0.4 is 10.6 Å². The average molecular weight is 219 g/mol. The SMILES string of the molecule is CNc1cccc(NC2CCC(C)CC2)n1. The van der Waals surface area contributed by atoms with E-state index < -0.39 is 0 Å². The molecule has 0 saturated heterocycles. The zero-order chi connectivity index (χ0) is 11.4. The van der Waals surface area contributed by atoms with Crippen molar-refractivity contribution in [1.82, 2.24) is 4.98 Å². The summed E-state index contributed by atoms with van der Waals surface area (Å²) in [5.41, 5.74) is 0. The van der Waals surface area contributed by atoms with E-state index in [1.807, 2.05) is 25.2 Å². The molecule has 0 spiro atoms. The lowest BCUT2D eigenvalue weighted by Crippen LogP contribution is -2.25. The molecule has 0 aromatic carbocycles. The van der Waals surface area contributed by atoms with Gasteiger partial charge in [0.2, 0.25) is 0 Å². The molecule has 88 valence electrons. The van der Waals surface area contributed by atoms with Crippen molar-refractivity contribution in [2.24, 2.45) is 5.92 Å². The van der Waals surface area contributed by atoms with Gasteiger partial charge < -0.3 is 10.6 Å². The van der Waals surface area contributed by atoms with Crippen LogP contribution in [0.5, 0.6) is 0 Å². The van der Waals surface area contributed by atoms with E-state index in [9.17, 15) is 0 Å². The Morgan fingerprint density at radius 3 is 2.50 bits per heavy atom. The Hall–Kier alpha value is -1.25. The van der Waals surface area contributed by atoms with Crippen LogP contribution in [0.3, 0.4) is 0 Å². The number of rotatable bonds is 3. The number of nitrogens with zero attached hydrogens (tertiary/aromatic N) is 1. The summed E-state index contributed by atoms with van der Waals surface area (Å²) in [6.45, 7) is 2.34. The molecule has 1 aromatic rings. The first-order valence-electron chi connectivity index (χ1n) is 6.19. The second-order valence-electron chi connectivity index (χ2n) is 4.76. The van der Waals surface area contributed by atoms with E-state index in [1.165, 1.54) is 25.7 Å². The fourth-order valence-corrected chi connectivity index (χ4v) is 2.27. The Kier molecular flexibility index (Phi) is 3.65. The van der Waals surface area contributed by atoms with Crippen molar-refractivity contribution < 1.29 is 0 Å². The Bertz CT molecular complexity index is 330.